The molecule has 0 aliphatic heterocycles. The molecule has 0 saturated heterocycles. The number of carbonyl (C=O) groups is 1. The van der Waals surface area contributed by atoms with Crippen LogP contribution in [-0.2, 0) is 4.79 Å². The quantitative estimate of drug-likeness (QED) is 0.881. The predicted octanol–water partition coefficient (Wildman–Crippen LogP) is 4.20. The Morgan fingerprint density at radius 2 is 1.80 bits per heavy atom. The van der Waals surface area contributed by atoms with Gasteiger partial charge in [0.15, 0.2) is 0 Å². The molecule has 1 atom stereocenters. The summed E-state index contributed by atoms with van der Waals surface area (Å²) in [6.45, 7) is 3.84. The van der Waals surface area contributed by atoms with Gasteiger partial charge in [-0.1, -0.05) is 28.1 Å². The van der Waals surface area contributed by atoms with E-state index >= 15 is 0 Å². The minimum absolute atomic E-state index is 0.0569. The number of hydrogen-bond donors (Lipinski definition) is 2. The fourth-order valence-corrected chi connectivity index (χ4v) is 2.10. The summed E-state index contributed by atoms with van der Waals surface area (Å²) >= 11 is 3.38. The Morgan fingerprint density at radius 3 is 2.45 bits per heavy atom. The number of rotatable bonds is 4. The van der Waals surface area contributed by atoms with Crippen LogP contribution < -0.4 is 10.6 Å². The van der Waals surface area contributed by atoms with Gasteiger partial charge in [0.25, 0.3) is 0 Å². The van der Waals surface area contributed by atoms with Crippen molar-refractivity contribution in [3.05, 3.63) is 58.6 Å². The minimum atomic E-state index is -0.309. The lowest BCUT2D eigenvalue weighted by molar-refractivity contribution is -0.116. The first-order valence-electron chi connectivity index (χ1n) is 6.44. The SMILES string of the molecule is Cc1cccc(NC(=O)C(C)Nc2ccc(Br)cc2)c1. The van der Waals surface area contributed by atoms with E-state index in [-0.39, 0.29) is 11.9 Å². The fraction of sp³-hybridized carbons (Fsp3) is 0.188. The molecule has 4 heteroatoms. The molecule has 0 saturated carbocycles. The summed E-state index contributed by atoms with van der Waals surface area (Å²) in [5, 5.41) is 6.07. The van der Waals surface area contributed by atoms with Crippen LogP contribution in [0.5, 0.6) is 0 Å². The number of amides is 1. The maximum atomic E-state index is 12.1. The topological polar surface area (TPSA) is 41.1 Å². The van der Waals surface area contributed by atoms with Gasteiger partial charge in [-0.3, -0.25) is 4.79 Å². The molecule has 2 aromatic rings. The molecule has 0 aliphatic carbocycles. The number of anilines is 2. The maximum absolute atomic E-state index is 12.1. The molecule has 0 spiro atoms. The van der Waals surface area contributed by atoms with Crippen LogP contribution in [-0.4, -0.2) is 11.9 Å². The molecule has 2 N–H and O–H groups in total. The van der Waals surface area contributed by atoms with Crippen molar-refractivity contribution in [2.75, 3.05) is 10.6 Å². The van der Waals surface area contributed by atoms with Crippen LogP contribution in [0.25, 0.3) is 0 Å². The van der Waals surface area contributed by atoms with Crippen LogP contribution >= 0.6 is 15.9 Å². The molecule has 0 aromatic heterocycles. The fourth-order valence-electron chi connectivity index (χ4n) is 1.83. The normalized spacial score (nSPS) is 11.8. The van der Waals surface area contributed by atoms with E-state index in [0.717, 1.165) is 21.4 Å². The van der Waals surface area contributed by atoms with Crippen LogP contribution in [0.1, 0.15) is 12.5 Å². The zero-order valence-electron chi connectivity index (χ0n) is 11.5. The molecule has 3 nitrogen and oxygen atoms in total. The Bertz CT molecular complexity index is 596. The minimum Gasteiger partial charge on any atom is -0.374 e. The summed E-state index contributed by atoms with van der Waals surface area (Å²) in [6.07, 6.45) is 0. The predicted molar refractivity (Wildman–Crippen MR) is 87.0 cm³/mol. The first-order valence-corrected chi connectivity index (χ1v) is 7.23. The zero-order chi connectivity index (χ0) is 14.5. The van der Waals surface area contributed by atoms with Crippen molar-refractivity contribution < 1.29 is 4.79 Å². The molecule has 0 aliphatic rings. The lowest BCUT2D eigenvalue weighted by Gasteiger charge is -2.15. The van der Waals surface area contributed by atoms with Gasteiger partial charge in [-0.15, -0.1) is 0 Å². The molecule has 0 heterocycles. The highest BCUT2D eigenvalue weighted by atomic mass is 79.9. The van der Waals surface area contributed by atoms with Gasteiger partial charge in [0.2, 0.25) is 5.91 Å². The Morgan fingerprint density at radius 1 is 1.10 bits per heavy atom. The molecule has 0 radical (unpaired) electrons. The second-order valence-corrected chi connectivity index (χ2v) is 5.65. The summed E-state index contributed by atoms with van der Waals surface area (Å²) < 4.78 is 1.01. The van der Waals surface area contributed by atoms with E-state index in [4.69, 9.17) is 0 Å². The number of carbonyl (C=O) groups excluding carboxylic acids is 1. The molecule has 104 valence electrons. The van der Waals surface area contributed by atoms with E-state index in [0.29, 0.717) is 0 Å². The number of hydrogen-bond acceptors (Lipinski definition) is 2. The number of benzene rings is 2. The second-order valence-electron chi connectivity index (χ2n) is 4.73. The van der Waals surface area contributed by atoms with Gasteiger partial charge in [0, 0.05) is 15.8 Å². The third-order valence-corrected chi connectivity index (χ3v) is 3.43. The van der Waals surface area contributed by atoms with Gasteiger partial charge in [-0.05, 0) is 55.8 Å². The monoisotopic (exact) mass is 332 g/mol. The van der Waals surface area contributed by atoms with Crippen molar-refractivity contribution in [2.45, 2.75) is 19.9 Å². The van der Waals surface area contributed by atoms with Crippen LogP contribution in [0.3, 0.4) is 0 Å². The van der Waals surface area contributed by atoms with Gasteiger partial charge in [-0.25, -0.2) is 0 Å². The molecule has 0 fully saturated rings. The van der Waals surface area contributed by atoms with Gasteiger partial charge in [0.05, 0.1) is 0 Å². The molecular weight excluding hydrogens is 316 g/mol. The summed E-state index contributed by atoms with van der Waals surface area (Å²) in [5.74, 6) is -0.0569. The van der Waals surface area contributed by atoms with Crippen LogP contribution in [0.15, 0.2) is 53.0 Å². The van der Waals surface area contributed by atoms with Crippen molar-refractivity contribution >= 4 is 33.2 Å². The van der Waals surface area contributed by atoms with Crippen LogP contribution in [0.4, 0.5) is 11.4 Å². The van der Waals surface area contributed by atoms with Crippen molar-refractivity contribution in [3.8, 4) is 0 Å². The largest absolute Gasteiger partial charge is 0.374 e. The average Bonchev–Trinajstić information content (AvgIpc) is 2.41. The second kappa shape index (κ2) is 6.57. The van der Waals surface area contributed by atoms with E-state index in [1.54, 1.807) is 0 Å². The zero-order valence-corrected chi connectivity index (χ0v) is 13.1. The van der Waals surface area contributed by atoms with Gasteiger partial charge in [-0.2, -0.15) is 0 Å². The average molecular weight is 333 g/mol. The highest BCUT2D eigenvalue weighted by Gasteiger charge is 2.12. The highest BCUT2D eigenvalue weighted by molar-refractivity contribution is 9.10. The van der Waals surface area contributed by atoms with E-state index < -0.39 is 0 Å². The van der Waals surface area contributed by atoms with Gasteiger partial charge < -0.3 is 10.6 Å². The van der Waals surface area contributed by atoms with E-state index in [1.165, 1.54) is 0 Å². The van der Waals surface area contributed by atoms with Gasteiger partial charge >= 0.3 is 0 Å². The Kier molecular flexibility index (Phi) is 4.79. The first-order chi connectivity index (χ1) is 9.54. The van der Waals surface area contributed by atoms with E-state index in [2.05, 4.69) is 26.6 Å². The highest BCUT2D eigenvalue weighted by Crippen LogP contribution is 2.15. The standard InChI is InChI=1S/C16H17BrN2O/c1-11-4-3-5-15(10-11)19-16(20)12(2)18-14-8-6-13(17)7-9-14/h3-10,12,18H,1-2H3,(H,19,20). The summed E-state index contributed by atoms with van der Waals surface area (Å²) in [4.78, 5) is 12.1. The Labute approximate surface area is 127 Å². The molecule has 1 unspecified atom stereocenters. The van der Waals surface area contributed by atoms with Gasteiger partial charge in [0.1, 0.15) is 6.04 Å². The first kappa shape index (κ1) is 14.6. The van der Waals surface area contributed by atoms with E-state index in [1.807, 2.05) is 62.4 Å². The lowest BCUT2D eigenvalue weighted by atomic mass is 10.2. The third-order valence-electron chi connectivity index (χ3n) is 2.91. The molecule has 20 heavy (non-hydrogen) atoms. The maximum Gasteiger partial charge on any atom is 0.246 e. The third kappa shape index (κ3) is 4.10. The van der Waals surface area contributed by atoms with Crippen molar-refractivity contribution in [2.24, 2.45) is 0 Å². The number of aryl methyl sites for hydroxylation is 1. The smallest absolute Gasteiger partial charge is 0.246 e. The number of nitrogens with one attached hydrogen (secondary N) is 2. The van der Waals surface area contributed by atoms with Crippen LogP contribution in [0.2, 0.25) is 0 Å². The van der Waals surface area contributed by atoms with Crippen LogP contribution in [0, 0.1) is 6.92 Å². The molecule has 0 bridgehead atoms. The molecular formula is C16H17BrN2O. The van der Waals surface area contributed by atoms with Crippen molar-refractivity contribution in [3.63, 3.8) is 0 Å². The summed E-state index contributed by atoms with van der Waals surface area (Å²) in [5.41, 5.74) is 2.86. The molecule has 2 aromatic carbocycles. The number of halogens is 1. The Balaban J connectivity index is 1.96. The molecule has 2 rings (SSSR count). The van der Waals surface area contributed by atoms with E-state index in [9.17, 15) is 4.79 Å². The van der Waals surface area contributed by atoms with Crippen molar-refractivity contribution in [1.82, 2.24) is 0 Å². The summed E-state index contributed by atoms with van der Waals surface area (Å²) in [7, 11) is 0. The lowest BCUT2D eigenvalue weighted by Crippen LogP contribution is -2.31. The molecule has 1 amide bonds. The summed E-state index contributed by atoms with van der Waals surface area (Å²) in [6, 6.07) is 15.2. The Hall–Kier alpha value is -1.81. The van der Waals surface area contributed by atoms with Crippen molar-refractivity contribution in [1.29, 1.82) is 0 Å².